The summed E-state index contributed by atoms with van der Waals surface area (Å²) in [4.78, 5) is 17.2. The molecule has 1 aromatic heterocycles. The molecule has 2 atom stereocenters. The Labute approximate surface area is 118 Å². The van der Waals surface area contributed by atoms with E-state index in [2.05, 4.69) is 11.1 Å². The van der Waals surface area contributed by atoms with Gasteiger partial charge in [0.15, 0.2) is 0 Å². The number of rotatable bonds is 3. The highest BCUT2D eigenvalue weighted by molar-refractivity contribution is 5.51. The van der Waals surface area contributed by atoms with E-state index in [1.807, 2.05) is 11.0 Å². The summed E-state index contributed by atoms with van der Waals surface area (Å²) in [5.41, 5.74) is 0.356. The Morgan fingerprint density at radius 1 is 1.45 bits per heavy atom. The number of ether oxygens (including phenoxy) is 1. The van der Waals surface area contributed by atoms with Crippen LogP contribution in [0.3, 0.4) is 0 Å². The van der Waals surface area contributed by atoms with Gasteiger partial charge < -0.3 is 9.64 Å². The molecule has 2 aliphatic rings. The minimum atomic E-state index is -0.549. The molecule has 0 spiro atoms. The molecule has 2 saturated heterocycles. The van der Waals surface area contributed by atoms with Crippen LogP contribution in [0.1, 0.15) is 31.2 Å². The van der Waals surface area contributed by atoms with Gasteiger partial charge in [-0.05, 0) is 37.3 Å². The fraction of sp³-hybridized carbons (Fsp3) is 0.533. The molecule has 2 aliphatic heterocycles. The average Bonchev–Trinajstić information content (AvgIpc) is 2.76. The maximum absolute atomic E-state index is 11.2. The fourth-order valence-corrected chi connectivity index (χ4v) is 3.64. The molecule has 0 radical (unpaired) electrons. The lowest BCUT2D eigenvalue weighted by Gasteiger charge is -2.41. The van der Waals surface area contributed by atoms with E-state index in [1.54, 1.807) is 19.5 Å². The number of aromatic nitrogens is 1. The van der Waals surface area contributed by atoms with Crippen LogP contribution < -0.4 is 4.74 Å². The van der Waals surface area contributed by atoms with Crippen molar-refractivity contribution < 1.29 is 9.53 Å². The molecule has 20 heavy (non-hydrogen) atoms. The van der Waals surface area contributed by atoms with E-state index in [9.17, 15) is 10.1 Å². The van der Waals surface area contributed by atoms with Crippen molar-refractivity contribution in [1.29, 1.82) is 5.26 Å². The summed E-state index contributed by atoms with van der Waals surface area (Å²) in [5.74, 6) is 0.669. The Hall–Kier alpha value is -2.09. The van der Waals surface area contributed by atoms with Crippen molar-refractivity contribution in [3.05, 3.63) is 24.0 Å². The average molecular weight is 271 g/mol. The first-order valence-corrected chi connectivity index (χ1v) is 6.86. The van der Waals surface area contributed by atoms with E-state index in [-0.39, 0.29) is 12.1 Å². The molecular formula is C15H17N3O2. The summed E-state index contributed by atoms with van der Waals surface area (Å²) in [5, 5.41) is 9.76. The number of amides is 1. The topological polar surface area (TPSA) is 66.2 Å². The standard InChI is InChI=1S/C15H17N3O2/c1-20-14-4-11(7-17-8-14)15(9-16)5-12-2-3-13(6-15)18(12)10-19/h4,7-8,10,12-13H,2-3,5-6H2,1H3. The molecule has 1 amide bonds. The maximum Gasteiger partial charge on any atom is 0.210 e. The number of nitriles is 1. The Morgan fingerprint density at radius 2 is 2.15 bits per heavy atom. The molecule has 3 rings (SSSR count). The first-order chi connectivity index (χ1) is 9.72. The van der Waals surface area contributed by atoms with Gasteiger partial charge in [-0.1, -0.05) is 0 Å². The first-order valence-electron chi connectivity index (χ1n) is 6.86. The molecule has 2 fully saturated rings. The van der Waals surface area contributed by atoms with E-state index in [4.69, 9.17) is 4.74 Å². The number of piperidine rings is 1. The third-order valence-electron chi connectivity index (χ3n) is 4.68. The van der Waals surface area contributed by atoms with Gasteiger partial charge in [-0.3, -0.25) is 9.78 Å². The predicted octanol–water partition coefficient (Wildman–Crippen LogP) is 1.63. The van der Waals surface area contributed by atoms with Gasteiger partial charge in [0.2, 0.25) is 6.41 Å². The highest BCUT2D eigenvalue weighted by Crippen LogP contribution is 2.46. The molecule has 5 heteroatoms. The molecular weight excluding hydrogens is 254 g/mol. The Bertz CT molecular complexity index is 552. The number of nitrogens with zero attached hydrogens (tertiary/aromatic N) is 3. The zero-order chi connectivity index (χ0) is 14.2. The van der Waals surface area contributed by atoms with Crippen molar-refractivity contribution >= 4 is 6.41 Å². The minimum Gasteiger partial charge on any atom is -0.495 e. The second-order valence-corrected chi connectivity index (χ2v) is 5.65. The number of methoxy groups -OCH3 is 1. The number of hydrogen-bond acceptors (Lipinski definition) is 4. The summed E-state index contributed by atoms with van der Waals surface area (Å²) >= 11 is 0. The smallest absolute Gasteiger partial charge is 0.210 e. The second kappa shape index (κ2) is 4.78. The van der Waals surface area contributed by atoms with Gasteiger partial charge >= 0.3 is 0 Å². The van der Waals surface area contributed by atoms with Crippen LogP contribution in [-0.4, -0.2) is 35.5 Å². The number of hydrogen-bond donors (Lipinski definition) is 0. The van der Waals surface area contributed by atoms with Gasteiger partial charge in [0.25, 0.3) is 0 Å². The summed E-state index contributed by atoms with van der Waals surface area (Å²) in [6.45, 7) is 0. The highest BCUT2D eigenvalue weighted by atomic mass is 16.5. The zero-order valence-corrected chi connectivity index (χ0v) is 11.5. The monoisotopic (exact) mass is 271 g/mol. The number of fused-ring (bicyclic) bond motifs is 2. The molecule has 1 aromatic rings. The number of carbonyl (C=O) groups is 1. The Morgan fingerprint density at radius 3 is 2.70 bits per heavy atom. The van der Waals surface area contributed by atoms with Crippen LogP contribution in [-0.2, 0) is 10.2 Å². The van der Waals surface area contributed by atoms with Gasteiger partial charge in [0, 0.05) is 18.3 Å². The minimum absolute atomic E-state index is 0.178. The van der Waals surface area contributed by atoms with E-state index >= 15 is 0 Å². The second-order valence-electron chi connectivity index (χ2n) is 5.65. The van der Waals surface area contributed by atoms with Gasteiger partial charge in [0.1, 0.15) is 5.75 Å². The van der Waals surface area contributed by atoms with Gasteiger partial charge in [-0.15, -0.1) is 0 Å². The van der Waals surface area contributed by atoms with Crippen LogP contribution in [0.25, 0.3) is 0 Å². The summed E-state index contributed by atoms with van der Waals surface area (Å²) < 4.78 is 5.21. The lowest BCUT2D eigenvalue weighted by atomic mass is 9.71. The first kappa shape index (κ1) is 12.9. The molecule has 0 saturated carbocycles. The molecule has 3 heterocycles. The summed E-state index contributed by atoms with van der Waals surface area (Å²) in [7, 11) is 1.60. The molecule has 0 aromatic carbocycles. The van der Waals surface area contributed by atoms with Crippen LogP contribution in [0.4, 0.5) is 0 Å². The van der Waals surface area contributed by atoms with E-state index in [1.165, 1.54) is 0 Å². The number of pyridine rings is 1. The van der Waals surface area contributed by atoms with Crippen molar-refractivity contribution in [2.75, 3.05) is 7.11 Å². The van der Waals surface area contributed by atoms with Crippen LogP contribution in [0.15, 0.2) is 18.5 Å². The van der Waals surface area contributed by atoms with E-state index in [0.717, 1.165) is 24.8 Å². The zero-order valence-electron chi connectivity index (χ0n) is 11.5. The lowest BCUT2D eigenvalue weighted by molar-refractivity contribution is -0.122. The SMILES string of the molecule is COc1cncc(C2(C#N)CC3CCC(C2)N3C=O)c1. The van der Waals surface area contributed by atoms with Crippen molar-refractivity contribution in [1.82, 2.24) is 9.88 Å². The van der Waals surface area contributed by atoms with Crippen LogP contribution in [0.5, 0.6) is 5.75 Å². The molecule has 2 bridgehead atoms. The predicted molar refractivity (Wildman–Crippen MR) is 72.0 cm³/mol. The lowest BCUT2D eigenvalue weighted by Crippen LogP contribution is -2.48. The Kier molecular flexibility index (Phi) is 3.09. The fourth-order valence-electron chi connectivity index (χ4n) is 3.64. The quantitative estimate of drug-likeness (QED) is 0.784. The molecule has 0 N–H and O–H groups in total. The van der Waals surface area contributed by atoms with Crippen LogP contribution in [0.2, 0.25) is 0 Å². The van der Waals surface area contributed by atoms with E-state index in [0.29, 0.717) is 18.6 Å². The number of carbonyl (C=O) groups excluding carboxylic acids is 1. The van der Waals surface area contributed by atoms with Crippen LogP contribution >= 0.6 is 0 Å². The van der Waals surface area contributed by atoms with Crippen molar-refractivity contribution in [3.8, 4) is 11.8 Å². The van der Waals surface area contributed by atoms with Gasteiger partial charge in [0.05, 0.1) is 24.8 Å². The largest absolute Gasteiger partial charge is 0.495 e. The molecule has 2 unspecified atom stereocenters. The molecule has 0 aliphatic carbocycles. The van der Waals surface area contributed by atoms with Crippen molar-refractivity contribution in [2.24, 2.45) is 0 Å². The third kappa shape index (κ3) is 1.83. The van der Waals surface area contributed by atoms with Gasteiger partial charge in [-0.2, -0.15) is 5.26 Å². The van der Waals surface area contributed by atoms with E-state index < -0.39 is 5.41 Å². The summed E-state index contributed by atoms with van der Waals surface area (Å²) in [6, 6.07) is 4.74. The van der Waals surface area contributed by atoms with Crippen LogP contribution in [0, 0.1) is 11.3 Å². The maximum atomic E-state index is 11.2. The van der Waals surface area contributed by atoms with Gasteiger partial charge in [-0.25, -0.2) is 0 Å². The Balaban J connectivity index is 1.97. The summed E-state index contributed by atoms with van der Waals surface area (Å²) in [6.07, 6.45) is 7.69. The highest BCUT2D eigenvalue weighted by Gasteiger charge is 2.49. The molecule has 5 nitrogen and oxygen atoms in total. The third-order valence-corrected chi connectivity index (χ3v) is 4.68. The molecule has 104 valence electrons. The van der Waals surface area contributed by atoms with Crippen molar-refractivity contribution in [3.63, 3.8) is 0 Å². The normalized spacial score (nSPS) is 31.7. The van der Waals surface area contributed by atoms with Crippen molar-refractivity contribution in [2.45, 2.75) is 43.2 Å².